The van der Waals surface area contributed by atoms with E-state index in [-0.39, 0.29) is 0 Å². The zero-order valence-electron chi connectivity index (χ0n) is 13.1. The van der Waals surface area contributed by atoms with Gasteiger partial charge in [-0.05, 0) is 43.6 Å². The molecule has 0 aromatic carbocycles. The second kappa shape index (κ2) is 4.94. The zero-order valence-corrected chi connectivity index (χ0v) is 13.1. The lowest BCUT2D eigenvalue weighted by Gasteiger charge is -2.19. The fourth-order valence-electron chi connectivity index (χ4n) is 4.23. The molecular weight excluding hydrogens is 270 g/mol. The van der Waals surface area contributed by atoms with Crippen LogP contribution in [0.25, 0.3) is 11.2 Å². The Bertz CT molecular complexity index is 745. The number of imidazole rings is 1. The number of fused-ring (bicyclic) bond motifs is 3. The lowest BCUT2D eigenvalue weighted by Crippen LogP contribution is -2.04. The highest BCUT2D eigenvalue weighted by Gasteiger charge is 2.28. The van der Waals surface area contributed by atoms with E-state index in [1.165, 1.54) is 74.0 Å². The van der Waals surface area contributed by atoms with Crippen LogP contribution in [0.3, 0.4) is 0 Å². The van der Waals surface area contributed by atoms with Gasteiger partial charge in [0.05, 0.1) is 23.3 Å². The smallest absolute Gasteiger partial charge is 0.156 e. The minimum Gasteiger partial charge on any atom is -0.297 e. The molecule has 114 valence electrons. The van der Waals surface area contributed by atoms with E-state index in [1.807, 2.05) is 6.20 Å². The Morgan fingerprint density at radius 1 is 1.09 bits per heavy atom. The highest BCUT2D eigenvalue weighted by molar-refractivity contribution is 5.71. The molecule has 3 nitrogen and oxygen atoms in total. The monoisotopic (exact) mass is 293 g/mol. The summed E-state index contributed by atoms with van der Waals surface area (Å²) in [4.78, 5) is 9.60. The normalized spacial score (nSPS) is 22.1. The largest absolute Gasteiger partial charge is 0.297 e. The molecule has 2 aromatic heterocycles. The molecule has 3 aliphatic carbocycles. The summed E-state index contributed by atoms with van der Waals surface area (Å²) in [6, 6.07) is 0. The third-order valence-electron chi connectivity index (χ3n) is 5.68. The Kier molecular flexibility index (Phi) is 2.89. The first-order chi connectivity index (χ1) is 10.9. The standard InChI is InChI=1S/C19H23N3/c1-2-4-14(5-3-1)17-12-22-18(21-17)11-20-16-9-8-15(19(16)22)10-13-6-7-13/h8,11-14H,1-7,9-10H2. The van der Waals surface area contributed by atoms with Gasteiger partial charge in [0.1, 0.15) is 0 Å². The summed E-state index contributed by atoms with van der Waals surface area (Å²) in [5, 5.41) is 0. The number of hydrogen-bond donors (Lipinski definition) is 0. The van der Waals surface area contributed by atoms with Gasteiger partial charge >= 0.3 is 0 Å². The second-order valence-corrected chi connectivity index (χ2v) is 7.36. The van der Waals surface area contributed by atoms with Crippen molar-refractivity contribution in [2.24, 2.45) is 5.92 Å². The average Bonchev–Trinajstić information content (AvgIpc) is 3.11. The van der Waals surface area contributed by atoms with Crippen molar-refractivity contribution < 1.29 is 0 Å². The molecule has 0 amide bonds. The van der Waals surface area contributed by atoms with Crippen LogP contribution in [-0.4, -0.2) is 14.4 Å². The Morgan fingerprint density at radius 2 is 1.95 bits per heavy atom. The summed E-state index contributed by atoms with van der Waals surface area (Å²) in [7, 11) is 0. The first kappa shape index (κ1) is 12.9. The molecular formula is C19H23N3. The van der Waals surface area contributed by atoms with Gasteiger partial charge in [0, 0.05) is 18.5 Å². The van der Waals surface area contributed by atoms with Crippen molar-refractivity contribution in [3.8, 4) is 0 Å². The van der Waals surface area contributed by atoms with Gasteiger partial charge in [-0.15, -0.1) is 0 Å². The number of aromatic nitrogens is 3. The van der Waals surface area contributed by atoms with Crippen LogP contribution < -0.4 is 0 Å². The zero-order chi connectivity index (χ0) is 14.5. The molecule has 2 heterocycles. The van der Waals surface area contributed by atoms with Crippen molar-refractivity contribution in [3.05, 3.63) is 35.6 Å². The molecule has 5 rings (SSSR count). The molecule has 3 aliphatic rings. The van der Waals surface area contributed by atoms with Gasteiger partial charge in [-0.1, -0.05) is 25.3 Å². The third kappa shape index (κ3) is 2.10. The van der Waals surface area contributed by atoms with Crippen LogP contribution in [0, 0.1) is 5.92 Å². The molecule has 0 saturated heterocycles. The SMILES string of the molecule is C1=C(CC2CC2)c2c(ncc3nc(C4CCCCC4)cn23)C1. The van der Waals surface area contributed by atoms with E-state index in [0.717, 1.165) is 18.0 Å². The second-order valence-electron chi connectivity index (χ2n) is 7.36. The number of allylic oxidation sites excluding steroid dienone is 2. The molecule has 0 bridgehead atoms. The summed E-state index contributed by atoms with van der Waals surface area (Å²) in [6.07, 6.45) is 18.5. The lowest BCUT2D eigenvalue weighted by molar-refractivity contribution is 0.438. The average molecular weight is 293 g/mol. The molecule has 0 aliphatic heterocycles. The summed E-state index contributed by atoms with van der Waals surface area (Å²) >= 11 is 0. The molecule has 0 unspecified atom stereocenters. The Balaban J connectivity index is 1.56. The van der Waals surface area contributed by atoms with E-state index in [1.54, 1.807) is 0 Å². The topological polar surface area (TPSA) is 30.2 Å². The van der Waals surface area contributed by atoms with Crippen molar-refractivity contribution in [2.75, 3.05) is 0 Å². The van der Waals surface area contributed by atoms with E-state index in [9.17, 15) is 0 Å². The predicted molar refractivity (Wildman–Crippen MR) is 87.8 cm³/mol. The van der Waals surface area contributed by atoms with Crippen molar-refractivity contribution in [1.29, 1.82) is 0 Å². The number of nitrogens with zero attached hydrogens (tertiary/aromatic N) is 3. The molecule has 2 saturated carbocycles. The maximum absolute atomic E-state index is 4.92. The molecule has 3 heteroatoms. The van der Waals surface area contributed by atoms with Crippen LogP contribution >= 0.6 is 0 Å². The molecule has 0 radical (unpaired) electrons. The fourth-order valence-corrected chi connectivity index (χ4v) is 4.23. The van der Waals surface area contributed by atoms with Gasteiger partial charge in [-0.3, -0.25) is 9.38 Å². The van der Waals surface area contributed by atoms with Gasteiger partial charge in [-0.2, -0.15) is 0 Å². The van der Waals surface area contributed by atoms with E-state index in [2.05, 4.69) is 21.7 Å². The van der Waals surface area contributed by atoms with Gasteiger partial charge in [0.2, 0.25) is 0 Å². The predicted octanol–water partition coefficient (Wildman–Crippen LogP) is 4.52. The van der Waals surface area contributed by atoms with Crippen LogP contribution in [0.2, 0.25) is 0 Å². The first-order valence-corrected chi connectivity index (χ1v) is 8.95. The molecule has 22 heavy (non-hydrogen) atoms. The van der Waals surface area contributed by atoms with Crippen molar-refractivity contribution in [1.82, 2.24) is 14.4 Å². The summed E-state index contributed by atoms with van der Waals surface area (Å²) < 4.78 is 2.34. The van der Waals surface area contributed by atoms with E-state index in [0.29, 0.717) is 5.92 Å². The maximum Gasteiger partial charge on any atom is 0.156 e. The lowest BCUT2D eigenvalue weighted by atomic mass is 9.87. The van der Waals surface area contributed by atoms with E-state index in [4.69, 9.17) is 4.98 Å². The van der Waals surface area contributed by atoms with Crippen molar-refractivity contribution >= 4 is 11.2 Å². The highest BCUT2D eigenvalue weighted by atomic mass is 15.0. The van der Waals surface area contributed by atoms with Gasteiger partial charge in [-0.25, -0.2) is 4.98 Å². The Hall–Kier alpha value is -1.64. The molecule has 0 N–H and O–H groups in total. The van der Waals surface area contributed by atoms with Gasteiger partial charge in [0.15, 0.2) is 5.65 Å². The molecule has 0 atom stereocenters. The first-order valence-electron chi connectivity index (χ1n) is 8.95. The minimum absolute atomic E-state index is 0.668. The van der Waals surface area contributed by atoms with Crippen LogP contribution in [-0.2, 0) is 6.42 Å². The van der Waals surface area contributed by atoms with E-state index < -0.39 is 0 Å². The Morgan fingerprint density at radius 3 is 2.77 bits per heavy atom. The number of rotatable bonds is 3. The summed E-state index contributed by atoms with van der Waals surface area (Å²) in [5.41, 5.74) is 6.47. The van der Waals surface area contributed by atoms with Crippen molar-refractivity contribution in [3.63, 3.8) is 0 Å². The summed E-state index contributed by atoms with van der Waals surface area (Å²) in [6.45, 7) is 0. The highest BCUT2D eigenvalue weighted by Crippen LogP contribution is 2.41. The quantitative estimate of drug-likeness (QED) is 0.833. The minimum atomic E-state index is 0.668. The van der Waals surface area contributed by atoms with Gasteiger partial charge < -0.3 is 0 Å². The van der Waals surface area contributed by atoms with E-state index >= 15 is 0 Å². The third-order valence-corrected chi connectivity index (χ3v) is 5.68. The van der Waals surface area contributed by atoms with Crippen LogP contribution in [0.5, 0.6) is 0 Å². The maximum atomic E-state index is 4.92. The molecule has 2 fully saturated rings. The van der Waals surface area contributed by atoms with Gasteiger partial charge in [0.25, 0.3) is 0 Å². The molecule has 2 aromatic rings. The molecule has 0 spiro atoms. The van der Waals surface area contributed by atoms with Crippen LogP contribution in [0.1, 0.15) is 74.4 Å². The Labute approximate surface area is 131 Å². The van der Waals surface area contributed by atoms with Crippen molar-refractivity contribution in [2.45, 2.75) is 63.7 Å². The summed E-state index contributed by atoms with van der Waals surface area (Å²) in [5.74, 6) is 1.59. The van der Waals surface area contributed by atoms with Crippen LogP contribution in [0.15, 0.2) is 18.5 Å². The fraction of sp³-hybridized carbons (Fsp3) is 0.579. The van der Waals surface area contributed by atoms with Crippen LogP contribution in [0.4, 0.5) is 0 Å². The number of hydrogen-bond acceptors (Lipinski definition) is 2.